The molecule has 0 bridgehead atoms. The van der Waals surface area contributed by atoms with Crippen LogP contribution < -0.4 is 10.6 Å². The maximum atomic E-state index is 12.6. The highest BCUT2D eigenvalue weighted by molar-refractivity contribution is 14.1. The molecule has 3 rings (SSSR count). The monoisotopic (exact) mass is 468 g/mol. The maximum Gasteiger partial charge on any atom is 0.275 e. The fraction of sp³-hybridized carbons (Fsp3) is 0.250. The lowest BCUT2D eigenvalue weighted by Crippen LogP contribution is -2.25. The maximum absolute atomic E-state index is 12.6. The molecule has 0 aliphatic heterocycles. The normalized spacial score (nSPS) is 10.7. The summed E-state index contributed by atoms with van der Waals surface area (Å²) < 4.78 is 8.99. The molecule has 0 fully saturated rings. The molecule has 0 radical (unpaired) electrons. The smallest absolute Gasteiger partial charge is 0.275 e. The van der Waals surface area contributed by atoms with E-state index in [9.17, 15) is 9.59 Å². The summed E-state index contributed by atoms with van der Waals surface area (Å²) >= 11 is 2.04. The van der Waals surface area contributed by atoms with Crippen LogP contribution in [-0.2, 0) is 20.1 Å². The van der Waals surface area contributed by atoms with Crippen molar-refractivity contribution >= 4 is 40.1 Å². The van der Waals surface area contributed by atoms with Gasteiger partial charge in [-0.3, -0.25) is 19.0 Å². The van der Waals surface area contributed by atoms with Crippen LogP contribution in [0, 0.1) is 3.57 Å². The number of aryl methyl sites for hydroxylation is 2. The zero-order valence-electron chi connectivity index (χ0n) is 14.2. The second kappa shape index (κ2) is 7.72. The van der Waals surface area contributed by atoms with Crippen LogP contribution >= 0.6 is 22.6 Å². The summed E-state index contributed by atoms with van der Waals surface area (Å²) in [4.78, 5) is 25.1. The minimum atomic E-state index is -0.399. The Labute approximate surface area is 162 Å². The minimum Gasteiger partial charge on any atom is -0.467 e. The lowest BCUT2D eigenvalue weighted by Gasteiger charge is -2.06. The van der Waals surface area contributed by atoms with Gasteiger partial charge < -0.3 is 15.1 Å². The average molecular weight is 468 g/mol. The Morgan fingerprint density at radius 1 is 1.35 bits per heavy atom. The van der Waals surface area contributed by atoms with E-state index in [1.807, 2.05) is 29.5 Å². The third-order valence-electron chi connectivity index (χ3n) is 3.66. The highest BCUT2D eigenvalue weighted by atomic mass is 127. The molecule has 0 aliphatic carbocycles. The quantitative estimate of drug-likeness (QED) is 0.539. The van der Waals surface area contributed by atoms with E-state index in [0.717, 1.165) is 0 Å². The third-order valence-corrected chi connectivity index (χ3v) is 4.45. The van der Waals surface area contributed by atoms with Crippen molar-refractivity contribution in [3.63, 3.8) is 0 Å². The Kier molecular flexibility index (Phi) is 5.40. The van der Waals surface area contributed by atoms with Crippen molar-refractivity contribution in [1.82, 2.24) is 24.9 Å². The van der Waals surface area contributed by atoms with Crippen LogP contribution in [0.25, 0.3) is 0 Å². The van der Waals surface area contributed by atoms with Gasteiger partial charge in [-0.2, -0.15) is 10.2 Å². The number of amides is 2. The van der Waals surface area contributed by atoms with Gasteiger partial charge in [-0.15, -0.1) is 0 Å². The molecule has 0 saturated heterocycles. The highest BCUT2D eigenvalue weighted by Gasteiger charge is 2.22. The average Bonchev–Trinajstić information content (AvgIpc) is 3.33. The molecule has 10 heteroatoms. The summed E-state index contributed by atoms with van der Waals surface area (Å²) in [6, 6.07) is 3.51. The van der Waals surface area contributed by atoms with Crippen molar-refractivity contribution < 1.29 is 14.0 Å². The zero-order chi connectivity index (χ0) is 18.7. The Morgan fingerprint density at radius 2 is 2.15 bits per heavy atom. The van der Waals surface area contributed by atoms with Crippen LogP contribution in [0.1, 0.15) is 33.7 Å². The van der Waals surface area contributed by atoms with Crippen LogP contribution in [0.15, 0.2) is 35.2 Å². The summed E-state index contributed by atoms with van der Waals surface area (Å²) in [5.41, 5.74) is 0.895. The number of furan rings is 1. The molecule has 2 amide bonds. The molecule has 0 spiro atoms. The van der Waals surface area contributed by atoms with Crippen LogP contribution in [-0.4, -0.2) is 31.4 Å². The molecule has 0 unspecified atom stereocenters. The molecule has 3 heterocycles. The van der Waals surface area contributed by atoms with Crippen molar-refractivity contribution in [2.45, 2.75) is 20.0 Å². The minimum absolute atomic E-state index is 0.143. The fourth-order valence-corrected chi connectivity index (χ4v) is 3.07. The summed E-state index contributed by atoms with van der Waals surface area (Å²) in [5.74, 6) is -0.128. The van der Waals surface area contributed by atoms with Gasteiger partial charge in [0.1, 0.15) is 11.5 Å². The van der Waals surface area contributed by atoms with Gasteiger partial charge in [0.25, 0.3) is 11.8 Å². The molecule has 2 N–H and O–H groups in total. The first-order valence-corrected chi connectivity index (χ1v) is 8.94. The van der Waals surface area contributed by atoms with Gasteiger partial charge in [0.2, 0.25) is 0 Å². The number of anilines is 1. The van der Waals surface area contributed by atoms with Crippen molar-refractivity contribution in [2.24, 2.45) is 7.05 Å². The standard InChI is InChI=1S/C16H17IN6O3/c1-3-23-9-12(20-16(25)14-11(17)8-19-22(14)2)13(21-23)15(24)18-7-10-5-4-6-26-10/h4-6,8-9H,3,7H2,1-2H3,(H,18,24)(H,20,25). The lowest BCUT2D eigenvalue weighted by atomic mass is 10.3. The van der Waals surface area contributed by atoms with E-state index in [-0.39, 0.29) is 18.1 Å². The molecule has 9 nitrogen and oxygen atoms in total. The van der Waals surface area contributed by atoms with E-state index in [4.69, 9.17) is 4.42 Å². The van der Waals surface area contributed by atoms with Gasteiger partial charge in [-0.1, -0.05) is 0 Å². The van der Waals surface area contributed by atoms with E-state index in [1.165, 1.54) is 10.9 Å². The molecule has 0 saturated carbocycles. The number of hydrogen-bond acceptors (Lipinski definition) is 5. The molecule has 0 atom stereocenters. The first kappa shape index (κ1) is 18.2. The first-order chi connectivity index (χ1) is 12.5. The summed E-state index contributed by atoms with van der Waals surface area (Å²) in [6.07, 6.45) is 4.76. The van der Waals surface area contributed by atoms with Crippen LogP contribution in [0.5, 0.6) is 0 Å². The number of aromatic nitrogens is 4. The Hall–Kier alpha value is -2.63. The first-order valence-electron chi connectivity index (χ1n) is 7.86. The van der Waals surface area contributed by atoms with Gasteiger partial charge in [0, 0.05) is 19.8 Å². The molecule has 0 aliphatic rings. The van der Waals surface area contributed by atoms with Gasteiger partial charge in [0.15, 0.2) is 5.69 Å². The Balaban J connectivity index is 1.79. The molecule has 3 aromatic rings. The van der Waals surface area contributed by atoms with E-state index < -0.39 is 5.91 Å². The predicted octanol–water partition coefficient (Wildman–Crippen LogP) is 2.02. The molecule has 26 heavy (non-hydrogen) atoms. The van der Waals surface area contributed by atoms with E-state index in [2.05, 4.69) is 20.8 Å². The number of rotatable bonds is 6. The Morgan fingerprint density at radius 3 is 2.77 bits per heavy atom. The molecular formula is C16H17IN6O3. The molecular weight excluding hydrogens is 451 g/mol. The van der Waals surface area contributed by atoms with Crippen molar-refractivity contribution in [3.05, 3.63) is 51.5 Å². The van der Waals surface area contributed by atoms with Crippen molar-refractivity contribution in [3.8, 4) is 0 Å². The molecule has 136 valence electrons. The molecule has 3 aromatic heterocycles. The van der Waals surface area contributed by atoms with Crippen LogP contribution in [0.4, 0.5) is 5.69 Å². The van der Waals surface area contributed by atoms with Gasteiger partial charge >= 0.3 is 0 Å². The second-order valence-electron chi connectivity index (χ2n) is 5.43. The van der Waals surface area contributed by atoms with Crippen LogP contribution in [0.3, 0.4) is 0 Å². The van der Waals surface area contributed by atoms with Gasteiger partial charge in [-0.25, -0.2) is 0 Å². The third kappa shape index (κ3) is 3.79. The summed E-state index contributed by atoms with van der Waals surface area (Å²) in [6.45, 7) is 2.70. The van der Waals surface area contributed by atoms with Crippen LogP contribution in [0.2, 0.25) is 0 Å². The number of hydrogen-bond donors (Lipinski definition) is 2. The topological polar surface area (TPSA) is 107 Å². The largest absolute Gasteiger partial charge is 0.467 e. The number of carbonyl (C=O) groups is 2. The van der Waals surface area contributed by atoms with E-state index in [1.54, 1.807) is 36.3 Å². The van der Waals surface area contributed by atoms with E-state index >= 15 is 0 Å². The zero-order valence-corrected chi connectivity index (χ0v) is 16.4. The lowest BCUT2D eigenvalue weighted by molar-refractivity contribution is 0.0943. The Bertz CT molecular complexity index is 909. The van der Waals surface area contributed by atoms with Gasteiger partial charge in [-0.05, 0) is 41.6 Å². The van der Waals surface area contributed by atoms with Crippen molar-refractivity contribution in [2.75, 3.05) is 5.32 Å². The van der Waals surface area contributed by atoms with Gasteiger partial charge in [0.05, 0.1) is 28.3 Å². The number of halogens is 1. The van der Waals surface area contributed by atoms with Crippen molar-refractivity contribution in [1.29, 1.82) is 0 Å². The number of nitrogens with zero attached hydrogens (tertiary/aromatic N) is 4. The second-order valence-corrected chi connectivity index (χ2v) is 6.59. The molecule has 0 aromatic carbocycles. The fourth-order valence-electron chi connectivity index (χ4n) is 2.35. The number of nitrogens with one attached hydrogen (secondary N) is 2. The summed E-state index contributed by atoms with van der Waals surface area (Å²) in [7, 11) is 1.68. The predicted molar refractivity (Wildman–Crippen MR) is 102 cm³/mol. The van der Waals surface area contributed by atoms with E-state index in [0.29, 0.717) is 27.3 Å². The summed E-state index contributed by atoms with van der Waals surface area (Å²) in [5, 5.41) is 13.8. The SMILES string of the molecule is CCn1cc(NC(=O)c2c(I)cnn2C)c(C(=O)NCc2ccco2)n1. The number of carbonyl (C=O) groups excluding carboxylic acids is 2. The highest BCUT2D eigenvalue weighted by Crippen LogP contribution is 2.18.